The minimum atomic E-state index is -3.34. The lowest BCUT2D eigenvalue weighted by atomic mass is 10.2. The maximum absolute atomic E-state index is 12.1. The van der Waals surface area contributed by atoms with Crippen LogP contribution in [0.5, 0.6) is 5.75 Å². The lowest BCUT2D eigenvalue weighted by Gasteiger charge is -2.08. The van der Waals surface area contributed by atoms with E-state index in [1.807, 2.05) is 0 Å². The van der Waals surface area contributed by atoms with E-state index in [0.29, 0.717) is 11.4 Å². The molecule has 0 saturated heterocycles. The third kappa shape index (κ3) is 3.82. The summed E-state index contributed by atoms with van der Waals surface area (Å²) in [6.07, 6.45) is 1.10. The largest absolute Gasteiger partial charge is 0.497 e. The van der Waals surface area contributed by atoms with Crippen molar-refractivity contribution in [3.05, 3.63) is 54.1 Å². The van der Waals surface area contributed by atoms with Crippen LogP contribution in [0.1, 0.15) is 10.4 Å². The third-order valence-corrected chi connectivity index (χ3v) is 3.96. The van der Waals surface area contributed by atoms with Crippen molar-refractivity contribution in [3.63, 3.8) is 0 Å². The Morgan fingerprint density at radius 3 is 2.48 bits per heavy atom. The standard InChI is InChI=1S/C15H15NO4S/c1-20-13-7-4-6-12(10-13)16-15(17)11-5-3-8-14(9-11)21(2,18)19/h3-10H,1-2H3,(H,16,17). The highest BCUT2D eigenvalue weighted by molar-refractivity contribution is 7.90. The molecular formula is C15H15NO4S. The first-order valence-corrected chi connectivity index (χ1v) is 8.05. The van der Waals surface area contributed by atoms with Gasteiger partial charge >= 0.3 is 0 Å². The van der Waals surface area contributed by atoms with E-state index in [2.05, 4.69) is 5.32 Å². The van der Waals surface area contributed by atoms with E-state index in [4.69, 9.17) is 4.74 Å². The number of hydrogen-bond donors (Lipinski definition) is 1. The van der Waals surface area contributed by atoms with Crippen LogP contribution < -0.4 is 10.1 Å². The van der Waals surface area contributed by atoms with Crippen LogP contribution >= 0.6 is 0 Å². The number of amides is 1. The van der Waals surface area contributed by atoms with Gasteiger partial charge < -0.3 is 10.1 Å². The highest BCUT2D eigenvalue weighted by atomic mass is 32.2. The van der Waals surface area contributed by atoms with Crippen LogP contribution in [0.4, 0.5) is 5.69 Å². The molecule has 0 aromatic heterocycles. The van der Waals surface area contributed by atoms with E-state index in [9.17, 15) is 13.2 Å². The summed E-state index contributed by atoms with van der Waals surface area (Å²) in [5.74, 6) is 0.242. The number of sulfone groups is 1. The molecule has 0 spiro atoms. The summed E-state index contributed by atoms with van der Waals surface area (Å²) in [7, 11) is -1.80. The van der Waals surface area contributed by atoms with Gasteiger partial charge in [0.25, 0.3) is 5.91 Å². The fourth-order valence-electron chi connectivity index (χ4n) is 1.77. The number of anilines is 1. The van der Waals surface area contributed by atoms with Gasteiger partial charge in [-0.3, -0.25) is 4.79 Å². The predicted molar refractivity (Wildman–Crippen MR) is 80.5 cm³/mol. The molecule has 0 atom stereocenters. The molecular weight excluding hydrogens is 290 g/mol. The molecule has 0 saturated carbocycles. The van der Waals surface area contributed by atoms with Crippen LogP contribution in [-0.2, 0) is 9.84 Å². The molecule has 0 heterocycles. The zero-order chi connectivity index (χ0) is 15.5. The van der Waals surface area contributed by atoms with Crippen LogP contribution in [-0.4, -0.2) is 27.7 Å². The van der Waals surface area contributed by atoms with E-state index >= 15 is 0 Å². The van der Waals surface area contributed by atoms with Gasteiger partial charge in [0.2, 0.25) is 0 Å². The number of carbonyl (C=O) groups is 1. The number of nitrogens with one attached hydrogen (secondary N) is 1. The molecule has 21 heavy (non-hydrogen) atoms. The fraction of sp³-hybridized carbons (Fsp3) is 0.133. The van der Waals surface area contributed by atoms with Gasteiger partial charge in [0, 0.05) is 23.6 Å². The van der Waals surface area contributed by atoms with Crippen molar-refractivity contribution in [2.24, 2.45) is 0 Å². The topological polar surface area (TPSA) is 72.5 Å². The number of benzene rings is 2. The minimum absolute atomic E-state index is 0.112. The normalized spacial score (nSPS) is 11.0. The van der Waals surface area contributed by atoms with E-state index in [1.165, 1.54) is 25.3 Å². The SMILES string of the molecule is COc1cccc(NC(=O)c2cccc(S(C)(=O)=O)c2)c1. The first-order chi connectivity index (χ1) is 9.90. The van der Waals surface area contributed by atoms with Crippen LogP contribution in [0.2, 0.25) is 0 Å². The zero-order valence-electron chi connectivity index (χ0n) is 11.7. The third-order valence-electron chi connectivity index (χ3n) is 2.85. The Balaban J connectivity index is 2.24. The van der Waals surface area contributed by atoms with Gasteiger partial charge in [0.1, 0.15) is 5.75 Å². The Bertz CT molecular complexity index is 769. The second kappa shape index (κ2) is 5.97. The van der Waals surface area contributed by atoms with E-state index in [0.717, 1.165) is 6.26 Å². The highest BCUT2D eigenvalue weighted by Gasteiger charge is 2.12. The molecule has 5 nitrogen and oxygen atoms in total. The molecule has 2 aromatic carbocycles. The van der Waals surface area contributed by atoms with Gasteiger partial charge in [-0.25, -0.2) is 8.42 Å². The summed E-state index contributed by atoms with van der Waals surface area (Å²) < 4.78 is 28.1. The molecule has 0 aliphatic carbocycles. The van der Waals surface area contributed by atoms with Crippen molar-refractivity contribution in [1.29, 1.82) is 0 Å². The number of hydrogen-bond acceptors (Lipinski definition) is 4. The summed E-state index contributed by atoms with van der Waals surface area (Å²) in [4.78, 5) is 12.3. The number of carbonyl (C=O) groups excluding carboxylic acids is 1. The first kappa shape index (κ1) is 15.1. The summed E-state index contributed by atoms with van der Waals surface area (Å²) >= 11 is 0. The van der Waals surface area contributed by atoms with Gasteiger partial charge in [-0.05, 0) is 30.3 Å². The summed E-state index contributed by atoms with van der Waals surface area (Å²) in [6, 6.07) is 12.8. The van der Waals surface area contributed by atoms with E-state index in [-0.39, 0.29) is 16.4 Å². The number of methoxy groups -OCH3 is 1. The van der Waals surface area contributed by atoms with Gasteiger partial charge in [-0.2, -0.15) is 0 Å². The quantitative estimate of drug-likeness (QED) is 0.941. The smallest absolute Gasteiger partial charge is 0.255 e. The number of rotatable bonds is 4. The van der Waals surface area contributed by atoms with Gasteiger partial charge in [0.05, 0.1) is 12.0 Å². The Morgan fingerprint density at radius 2 is 1.81 bits per heavy atom. The Labute approximate surface area is 123 Å². The molecule has 0 fully saturated rings. The molecule has 0 aliphatic heterocycles. The zero-order valence-corrected chi connectivity index (χ0v) is 12.5. The van der Waals surface area contributed by atoms with Crippen molar-refractivity contribution in [1.82, 2.24) is 0 Å². The van der Waals surface area contributed by atoms with Crippen LogP contribution in [0.15, 0.2) is 53.4 Å². The summed E-state index contributed by atoms with van der Waals surface area (Å²) in [5, 5.41) is 2.70. The van der Waals surface area contributed by atoms with Crippen molar-refractivity contribution in [2.75, 3.05) is 18.7 Å². The molecule has 0 radical (unpaired) electrons. The van der Waals surface area contributed by atoms with Gasteiger partial charge in [0.15, 0.2) is 9.84 Å². The number of ether oxygens (including phenoxy) is 1. The average Bonchev–Trinajstić information content (AvgIpc) is 2.46. The van der Waals surface area contributed by atoms with Gasteiger partial charge in [-0.15, -0.1) is 0 Å². The van der Waals surface area contributed by atoms with E-state index in [1.54, 1.807) is 30.3 Å². The Morgan fingerprint density at radius 1 is 1.10 bits per heavy atom. The molecule has 2 rings (SSSR count). The summed E-state index contributed by atoms with van der Waals surface area (Å²) in [5.41, 5.74) is 0.852. The molecule has 110 valence electrons. The fourth-order valence-corrected chi connectivity index (χ4v) is 2.44. The van der Waals surface area contributed by atoms with Crippen molar-refractivity contribution < 1.29 is 17.9 Å². The maximum Gasteiger partial charge on any atom is 0.255 e. The Kier molecular flexibility index (Phi) is 4.28. The average molecular weight is 305 g/mol. The molecule has 0 bridgehead atoms. The van der Waals surface area contributed by atoms with Crippen LogP contribution in [0.3, 0.4) is 0 Å². The molecule has 2 aromatic rings. The predicted octanol–water partition coefficient (Wildman–Crippen LogP) is 2.35. The highest BCUT2D eigenvalue weighted by Crippen LogP contribution is 2.18. The van der Waals surface area contributed by atoms with Crippen LogP contribution in [0, 0.1) is 0 Å². The molecule has 1 amide bonds. The van der Waals surface area contributed by atoms with Crippen molar-refractivity contribution in [2.45, 2.75) is 4.90 Å². The van der Waals surface area contributed by atoms with E-state index < -0.39 is 9.84 Å². The lowest BCUT2D eigenvalue weighted by molar-refractivity contribution is 0.102. The Hall–Kier alpha value is -2.34. The maximum atomic E-state index is 12.1. The van der Waals surface area contributed by atoms with Crippen molar-refractivity contribution in [3.8, 4) is 5.75 Å². The molecule has 0 unspecified atom stereocenters. The van der Waals surface area contributed by atoms with Crippen molar-refractivity contribution >= 4 is 21.4 Å². The van der Waals surface area contributed by atoms with Gasteiger partial charge in [-0.1, -0.05) is 12.1 Å². The first-order valence-electron chi connectivity index (χ1n) is 6.15. The lowest BCUT2D eigenvalue weighted by Crippen LogP contribution is -2.12. The minimum Gasteiger partial charge on any atom is -0.497 e. The second-order valence-corrected chi connectivity index (χ2v) is 6.50. The molecule has 0 aliphatic rings. The molecule has 6 heteroatoms. The monoisotopic (exact) mass is 305 g/mol. The summed E-state index contributed by atoms with van der Waals surface area (Å²) in [6.45, 7) is 0. The van der Waals surface area contributed by atoms with Crippen LogP contribution in [0.25, 0.3) is 0 Å². The molecule has 1 N–H and O–H groups in total. The second-order valence-electron chi connectivity index (χ2n) is 4.49.